The molecule has 2 nitrogen and oxygen atoms in total. The molecular weight excluding hydrogens is 219 g/mol. The first-order valence-corrected chi connectivity index (χ1v) is 7.20. The molecule has 1 aromatic rings. The van der Waals surface area contributed by atoms with Crippen molar-refractivity contribution in [2.75, 3.05) is 0 Å². The van der Waals surface area contributed by atoms with Crippen molar-refractivity contribution in [3.8, 4) is 0 Å². The van der Waals surface area contributed by atoms with E-state index < -0.39 is 8.38 Å². The third-order valence-corrected chi connectivity index (χ3v) is 4.72. The van der Waals surface area contributed by atoms with Crippen LogP contribution in [0.15, 0.2) is 24.3 Å². The molecular formula is C13H17O2P. The Kier molecular flexibility index (Phi) is 2.97. The highest BCUT2D eigenvalue weighted by Gasteiger charge is 2.33. The fourth-order valence-corrected chi connectivity index (χ4v) is 3.33. The van der Waals surface area contributed by atoms with Crippen LogP contribution in [0.3, 0.4) is 0 Å². The second kappa shape index (κ2) is 4.44. The van der Waals surface area contributed by atoms with E-state index in [1.807, 2.05) is 0 Å². The van der Waals surface area contributed by atoms with Crippen molar-refractivity contribution in [1.29, 1.82) is 0 Å². The van der Waals surface area contributed by atoms with E-state index >= 15 is 0 Å². The molecule has 0 bridgehead atoms. The Balaban J connectivity index is 1.76. The van der Waals surface area contributed by atoms with Gasteiger partial charge in [0.1, 0.15) is 0 Å². The molecule has 2 aliphatic carbocycles. The maximum absolute atomic E-state index is 6.02. The van der Waals surface area contributed by atoms with Crippen molar-refractivity contribution in [3.05, 3.63) is 29.8 Å². The van der Waals surface area contributed by atoms with Gasteiger partial charge in [0.2, 0.25) is 8.38 Å². The molecule has 0 aliphatic heterocycles. The first-order chi connectivity index (χ1) is 7.83. The van der Waals surface area contributed by atoms with Crippen LogP contribution in [0.2, 0.25) is 0 Å². The first kappa shape index (κ1) is 10.7. The Bertz CT molecular complexity index is 358. The number of benzene rings is 1. The van der Waals surface area contributed by atoms with E-state index in [1.165, 1.54) is 36.6 Å². The minimum absolute atomic E-state index is 0.462. The van der Waals surface area contributed by atoms with Gasteiger partial charge in [-0.1, -0.05) is 18.2 Å². The van der Waals surface area contributed by atoms with Crippen molar-refractivity contribution in [2.24, 2.45) is 0 Å². The molecule has 0 amide bonds. The van der Waals surface area contributed by atoms with E-state index in [2.05, 4.69) is 31.2 Å². The number of hydrogen-bond donors (Lipinski definition) is 0. The lowest BCUT2D eigenvalue weighted by Crippen LogP contribution is -2.10. The molecule has 0 N–H and O–H groups in total. The van der Waals surface area contributed by atoms with Crippen molar-refractivity contribution < 1.29 is 9.05 Å². The van der Waals surface area contributed by atoms with Gasteiger partial charge >= 0.3 is 0 Å². The molecule has 3 heteroatoms. The van der Waals surface area contributed by atoms with Crippen LogP contribution in [0.1, 0.15) is 31.2 Å². The van der Waals surface area contributed by atoms with Crippen LogP contribution in [0, 0.1) is 6.92 Å². The molecule has 86 valence electrons. The monoisotopic (exact) mass is 236 g/mol. The zero-order valence-corrected chi connectivity index (χ0v) is 10.5. The first-order valence-electron chi connectivity index (χ1n) is 6.02. The zero-order chi connectivity index (χ0) is 11.0. The summed E-state index contributed by atoms with van der Waals surface area (Å²) in [4.78, 5) is 0. The minimum atomic E-state index is -0.831. The predicted molar refractivity (Wildman–Crippen MR) is 65.9 cm³/mol. The van der Waals surface area contributed by atoms with E-state index in [0.29, 0.717) is 12.2 Å². The van der Waals surface area contributed by atoms with Gasteiger partial charge in [0.25, 0.3) is 0 Å². The average molecular weight is 236 g/mol. The molecule has 3 rings (SSSR count). The molecule has 0 unspecified atom stereocenters. The van der Waals surface area contributed by atoms with Crippen molar-refractivity contribution in [1.82, 2.24) is 0 Å². The van der Waals surface area contributed by atoms with Gasteiger partial charge in [-0.15, -0.1) is 0 Å². The summed E-state index contributed by atoms with van der Waals surface area (Å²) in [6.07, 6.45) is 5.75. The summed E-state index contributed by atoms with van der Waals surface area (Å²) in [7, 11) is -0.831. The molecule has 0 aromatic heterocycles. The highest BCUT2D eigenvalue weighted by molar-refractivity contribution is 7.56. The molecule has 0 atom stereocenters. The van der Waals surface area contributed by atoms with Crippen LogP contribution in [-0.2, 0) is 9.05 Å². The molecule has 2 aliphatic rings. The third kappa shape index (κ3) is 2.63. The zero-order valence-electron chi connectivity index (χ0n) is 9.56. The Labute approximate surface area is 97.9 Å². The Morgan fingerprint density at radius 1 is 1.00 bits per heavy atom. The van der Waals surface area contributed by atoms with Gasteiger partial charge in [0, 0.05) is 5.30 Å². The standard InChI is InChI=1S/C13H17O2P/c1-10-4-2-3-5-13(10)16(14-11-6-7-11)15-12-8-9-12/h2-5,11-12H,6-9H2,1H3. The van der Waals surface area contributed by atoms with Gasteiger partial charge in [0.05, 0.1) is 12.2 Å². The number of aryl methyl sites for hydroxylation is 1. The van der Waals surface area contributed by atoms with Gasteiger partial charge in [-0.2, -0.15) is 0 Å². The summed E-state index contributed by atoms with van der Waals surface area (Å²) in [5.41, 5.74) is 1.29. The van der Waals surface area contributed by atoms with Crippen LogP contribution in [-0.4, -0.2) is 12.2 Å². The topological polar surface area (TPSA) is 18.5 Å². The molecule has 0 saturated heterocycles. The normalized spacial score (nSPS) is 20.4. The van der Waals surface area contributed by atoms with Crippen molar-refractivity contribution >= 4 is 13.7 Å². The Hall–Kier alpha value is -0.430. The highest BCUT2D eigenvalue weighted by Crippen LogP contribution is 2.49. The second-order valence-corrected chi connectivity index (χ2v) is 6.07. The van der Waals surface area contributed by atoms with E-state index in [0.717, 1.165) is 0 Å². The smallest absolute Gasteiger partial charge is 0.205 e. The predicted octanol–water partition coefficient (Wildman–Crippen LogP) is 3.29. The Morgan fingerprint density at radius 3 is 2.06 bits per heavy atom. The average Bonchev–Trinajstić information content (AvgIpc) is 3.12. The van der Waals surface area contributed by atoms with Gasteiger partial charge in [-0.05, 0) is 44.2 Å². The fourth-order valence-electron chi connectivity index (χ4n) is 1.52. The molecule has 0 spiro atoms. The van der Waals surface area contributed by atoms with E-state index in [9.17, 15) is 0 Å². The lowest BCUT2D eigenvalue weighted by Gasteiger charge is -2.18. The van der Waals surface area contributed by atoms with Crippen molar-refractivity contribution in [3.63, 3.8) is 0 Å². The maximum atomic E-state index is 6.02. The van der Waals surface area contributed by atoms with Gasteiger partial charge in [-0.25, -0.2) is 0 Å². The lowest BCUT2D eigenvalue weighted by molar-refractivity contribution is 0.240. The largest absolute Gasteiger partial charge is 0.327 e. The molecule has 2 fully saturated rings. The molecule has 0 radical (unpaired) electrons. The van der Waals surface area contributed by atoms with Crippen LogP contribution in [0.25, 0.3) is 0 Å². The third-order valence-electron chi connectivity index (χ3n) is 2.85. The van der Waals surface area contributed by atoms with Crippen LogP contribution >= 0.6 is 8.38 Å². The summed E-state index contributed by atoms with van der Waals surface area (Å²) in [6.45, 7) is 2.14. The number of rotatable bonds is 5. The molecule has 2 saturated carbocycles. The van der Waals surface area contributed by atoms with Gasteiger partial charge in [0.15, 0.2) is 0 Å². The molecule has 1 aromatic carbocycles. The van der Waals surface area contributed by atoms with Crippen LogP contribution in [0.5, 0.6) is 0 Å². The SMILES string of the molecule is Cc1ccccc1P(OC1CC1)OC1CC1. The number of hydrogen-bond acceptors (Lipinski definition) is 2. The minimum Gasteiger partial charge on any atom is -0.327 e. The van der Waals surface area contributed by atoms with E-state index in [4.69, 9.17) is 9.05 Å². The Morgan fingerprint density at radius 2 is 1.56 bits per heavy atom. The highest BCUT2D eigenvalue weighted by atomic mass is 31.2. The van der Waals surface area contributed by atoms with Crippen LogP contribution < -0.4 is 5.30 Å². The van der Waals surface area contributed by atoms with Gasteiger partial charge < -0.3 is 9.05 Å². The van der Waals surface area contributed by atoms with Gasteiger partial charge in [-0.3, -0.25) is 0 Å². The van der Waals surface area contributed by atoms with Crippen LogP contribution in [0.4, 0.5) is 0 Å². The summed E-state index contributed by atoms with van der Waals surface area (Å²) >= 11 is 0. The second-order valence-electron chi connectivity index (χ2n) is 4.65. The molecule has 16 heavy (non-hydrogen) atoms. The summed E-state index contributed by atoms with van der Waals surface area (Å²) < 4.78 is 12.0. The summed E-state index contributed by atoms with van der Waals surface area (Å²) in [5.74, 6) is 0. The lowest BCUT2D eigenvalue weighted by atomic mass is 10.2. The van der Waals surface area contributed by atoms with E-state index in [-0.39, 0.29) is 0 Å². The van der Waals surface area contributed by atoms with Crippen molar-refractivity contribution in [2.45, 2.75) is 44.8 Å². The molecule has 0 heterocycles. The summed E-state index contributed by atoms with van der Waals surface area (Å²) in [5, 5.41) is 1.26. The fraction of sp³-hybridized carbons (Fsp3) is 0.538. The maximum Gasteiger partial charge on any atom is 0.205 e. The van der Waals surface area contributed by atoms with E-state index in [1.54, 1.807) is 0 Å². The summed E-state index contributed by atoms with van der Waals surface area (Å²) in [6, 6.07) is 8.42. The quantitative estimate of drug-likeness (QED) is 0.730.